The van der Waals surface area contributed by atoms with Gasteiger partial charge in [0.15, 0.2) is 28.8 Å². The van der Waals surface area contributed by atoms with Gasteiger partial charge < -0.3 is 18.9 Å². The summed E-state index contributed by atoms with van der Waals surface area (Å²) < 4.78 is 21.9. The second kappa shape index (κ2) is 9.46. The minimum Gasteiger partial charge on any atom is -0.493 e. The van der Waals surface area contributed by atoms with E-state index in [1.165, 1.54) is 20.3 Å². The first-order chi connectivity index (χ1) is 14.2. The van der Waals surface area contributed by atoms with Gasteiger partial charge in [0.2, 0.25) is 0 Å². The van der Waals surface area contributed by atoms with E-state index in [-0.39, 0.29) is 5.78 Å². The number of para-hydroxylation sites is 2. The maximum atomic E-state index is 12.7. The highest BCUT2D eigenvalue weighted by Crippen LogP contribution is 2.33. The number of carbonyl (C=O) groups is 1. The highest BCUT2D eigenvalue weighted by molar-refractivity contribution is 6.09. The van der Waals surface area contributed by atoms with Gasteiger partial charge >= 0.3 is 0 Å². The average Bonchev–Trinajstić information content (AvgIpc) is 2.77. The van der Waals surface area contributed by atoms with Crippen LogP contribution in [0, 0.1) is 0 Å². The minimum atomic E-state index is -0.193. The Morgan fingerprint density at radius 3 is 2.21 bits per heavy atom. The van der Waals surface area contributed by atoms with E-state index in [2.05, 4.69) is 0 Å². The molecule has 0 radical (unpaired) electrons. The fourth-order valence-corrected chi connectivity index (χ4v) is 2.84. The molecule has 0 aliphatic rings. The Bertz CT molecular complexity index is 1010. The van der Waals surface area contributed by atoms with Crippen molar-refractivity contribution in [3.8, 4) is 28.7 Å². The second-order valence-electron chi connectivity index (χ2n) is 6.06. The number of carbonyl (C=O) groups excluding carboxylic acids is 1. The Morgan fingerprint density at radius 1 is 0.759 bits per heavy atom. The number of ether oxygens (including phenoxy) is 4. The van der Waals surface area contributed by atoms with Crippen molar-refractivity contribution in [3.63, 3.8) is 0 Å². The molecular formula is C24H22O5. The Labute approximate surface area is 170 Å². The largest absolute Gasteiger partial charge is 0.493 e. The molecule has 0 aromatic heterocycles. The van der Waals surface area contributed by atoms with Gasteiger partial charge in [-0.25, -0.2) is 0 Å². The van der Waals surface area contributed by atoms with Gasteiger partial charge in [-0.3, -0.25) is 4.79 Å². The molecule has 0 saturated heterocycles. The molecule has 0 spiro atoms. The topological polar surface area (TPSA) is 54.0 Å². The van der Waals surface area contributed by atoms with Crippen molar-refractivity contribution in [1.29, 1.82) is 0 Å². The zero-order valence-electron chi connectivity index (χ0n) is 16.5. The Balaban J connectivity index is 1.85. The maximum Gasteiger partial charge on any atom is 0.189 e. The van der Waals surface area contributed by atoms with E-state index < -0.39 is 0 Å². The van der Waals surface area contributed by atoms with E-state index in [0.29, 0.717) is 34.3 Å². The summed E-state index contributed by atoms with van der Waals surface area (Å²) in [5.41, 5.74) is 1.23. The van der Waals surface area contributed by atoms with Crippen LogP contribution in [0.4, 0.5) is 0 Å². The Morgan fingerprint density at radius 2 is 1.52 bits per heavy atom. The van der Waals surface area contributed by atoms with Gasteiger partial charge in [-0.15, -0.1) is 0 Å². The second-order valence-corrected chi connectivity index (χ2v) is 6.06. The van der Waals surface area contributed by atoms with Crippen LogP contribution in [0.2, 0.25) is 0 Å². The zero-order chi connectivity index (χ0) is 20.6. The monoisotopic (exact) mass is 390 g/mol. The van der Waals surface area contributed by atoms with Gasteiger partial charge in [0.25, 0.3) is 0 Å². The number of allylic oxidation sites excluding steroid dienone is 1. The molecule has 0 aliphatic heterocycles. The molecule has 3 rings (SSSR count). The van der Waals surface area contributed by atoms with Crippen LogP contribution in [0.5, 0.6) is 28.7 Å². The Kier molecular flexibility index (Phi) is 6.53. The van der Waals surface area contributed by atoms with Crippen LogP contribution in [0.3, 0.4) is 0 Å². The van der Waals surface area contributed by atoms with Crippen LogP contribution < -0.4 is 18.9 Å². The summed E-state index contributed by atoms with van der Waals surface area (Å²) in [6.07, 6.45) is 3.21. The third-order valence-corrected chi connectivity index (χ3v) is 4.25. The van der Waals surface area contributed by atoms with Crippen molar-refractivity contribution in [1.82, 2.24) is 0 Å². The molecule has 0 atom stereocenters. The SMILES string of the molecule is COc1ccc(C=CC(=O)c2cccc(OC)c2OC)cc1Oc1ccccc1. The highest BCUT2D eigenvalue weighted by atomic mass is 16.5. The lowest BCUT2D eigenvalue weighted by Gasteiger charge is -2.11. The van der Waals surface area contributed by atoms with E-state index in [1.54, 1.807) is 37.5 Å². The van der Waals surface area contributed by atoms with Crippen molar-refractivity contribution < 1.29 is 23.7 Å². The lowest BCUT2D eigenvalue weighted by atomic mass is 10.1. The van der Waals surface area contributed by atoms with Gasteiger partial charge in [0.1, 0.15) is 5.75 Å². The van der Waals surface area contributed by atoms with E-state index >= 15 is 0 Å². The average molecular weight is 390 g/mol. The lowest BCUT2D eigenvalue weighted by molar-refractivity contribution is 0.104. The number of rotatable bonds is 8. The minimum absolute atomic E-state index is 0.193. The smallest absolute Gasteiger partial charge is 0.189 e. The zero-order valence-corrected chi connectivity index (χ0v) is 16.5. The molecule has 5 nitrogen and oxygen atoms in total. The molecule has 0 bridgehead atoms. The van der Waals surface area contributed by atoms with Crippen LogP contribution in [0.1, 0.15) is 15.9 Å². The third kappa shape index (κ3) is 4.76. The van der Waals surface area contributed by atoms with Crippen LogP contribution in [0.15, 0.2) is 72.8 Å². The van der Waals surface area contributed by atoms with Crippen LogP contribution >= 0.6 is 0 Å². The van der Waals surface area contributed by atoms with Crippen LogP contribution in [-0.4, -0.2) is 27.1 Å². The molecule has 0 N–H and O–H groups in total. The molecule has 0 saturated carbocycles. The summed E-state index contributed by atoms with van der Waals surface area (Å²) in [7, 11) is 4.63. The number of methoxy groups -OCH3 is 3. The molecule has 29 heavy (non-hydrogen) atoms. The normalized spacial score (nSPS) is 10.6. The molecule has 3 aromatic rings. The van der Waals surface area contributed by atoms with Crippen molar-refractivity contribution in [2.45, 2.75) is 0 Å². The molecule has 0 unspecified atom stereocenters. The molecule has 5 heteroatoms. The summed E-state index contributed by atoms with van der Waals surface area (Å²) in [6.45, 7) is 0. The fraction of sp³-hybridized carbons (Fsp3) is 0.125. The van der Waals surface area contributed by atoms with Crippen LogP contribution in [0.25, 0.3) is 6.08 Å². The summed E-state index contributed by atoms with van der Waals surface area (Å²) >= 11 is 0. The molecule has 0 fully saturated rings. The summed E-state index contributed by atoms with van der Waals surface area (Å²) in [5.74, 6) is 2.59. The molecule has 3 aromatic carbocycles. The van der Waals surface area contributed by atoms with E-state index in [4.69, 9.17) is 18.9 Å². The number of hydrogen-bond donors (Lipinski definition) is 0. The number of benzene rings is 3. The van der Waals surface area contributed by atoms with E-state index in [1.807, 2.05) is 42.5 Å². The first-order valence-corrected chi connectivity index (χ1v) is 9.00. The first-order valence-electron chi connectivity index (χ1n) is 9.00. The standard InChI is InChI=1S/C24H22O5/c1-26-21-15-13-17(16-23(21)29-18-8-5-4-6-9-18)12-14-20(25)19-10-7-11-22(27-2)24(19)28-3/h4-16H,1-3H3. The molecule has 0 heterocycles. The van der Waals surface area contributed by atoms with Gasteiger partial charge in [-0.1, -0.05) is 36.4 Å². The summed E-state index contributed by atoms with van der Waals surface area (Å²) in [4.78, 5) is 12.7. The quantitative estimate of drug-likeness (QED) is 0.381. The summed E-state index contributed by atoms with van der Waals surface area (Å²) in [6, 6.07) is 20.1. The van der Waals surface area contributed by atoms with Crippen molar-refractivity contribution in [2.24, 2.45) is 0 Å². The van der Waals surface area contributed by atoms with E-state index in [9.17, 15) is 4.79 Å². The first kappa shape index (κ1) is 20.0. The van der Waals surface area contributed by atoms with Gasteiger partial charge in [0, 0.05) is 0 Å². The lowest BCUT2D eigenvalue weighted by Crippen LogP contribution is -2.01. The fourth-order valence-electron chi connectivity index (χ4n) is 2.84. The Hall–Kier alpha value is -3.73. The van der Waals surface area contributed by atoms with Gasteiger partial charge in [-0.2, -0.15) is 0 Å². The van der Waals surface area contributed by atoms with E-state index in [0.717, 1.165) is 5.56 Å². The van der Waals surface area contributed by atoms with Crippen molar-refractivity contribution in [3.05, 3.63) is 83.9 Å². The summed E-state index contributed by atoms with van der Waals surface area (Å²) in [5, 5.41) is 0. The van der Waals surface area contributed by atoms with Crippen molar-refractivity contribution in [2.75, 3.05) is 21.3 Å². The third-order valence-electron chi connectivity index (χ3n) is 4.25. The van der Waals surface area contributed by atoms with Gasteiger partial charge in [-0.05, 0) is 48.0 Å². The number of ketones is 1. The van der Waals surface area contributed by atoms with Crippen molar-refractivity contribution >= 4 is 11.9 Å². The predicted molar refractivity (Wildman–Crippen MR) is 112 cm³/mol. The maximum absolute atomic E-state index is 12.7. The molecular weight excluding hydrogens is 368 g/mol. The highest BCUT2D eigenvalue weighted by Gasteiger charge is 2.14. The predicted octanol–water partition coefficient (Wildman–Crippen LogP) is 5.40. The number of hydrogen-bond acceptors (Lipinski definition) is 5. The molecule has 148 valence electrons. The van der Waals surface area contributed by atoms with Crippen LogP contribution in [-0.2, 0) is 0 Å². The molecule has 0 amide bonds. The van der Waals surface area contributed by atoms with Gasteiger partial charge in [0.05, 0.1) is 26.9 Å². The molecule has 0 aliphatic carbocycles.